The lowest BCUT2D eigenvalue weighted by Gasteiger charge is -2.16. The Balaban J connectivity index is 1.66. The predicted octanol–water partition coefficient (Wildman–Crippen LogP) is 4.80. The number of nitrogens with one attached hydrogen (secondary N) is 1. The average Bonchev–Trinajstić information content (AvgIpc) is 3.31. The van der Waals surface area contributed by atoms with Gasteiger partial charge >= 0.3 is 6.61 Å². The highest BCUT2D eigenvalue weighted by molar-refractivity contribution is 6.32. The second kappa shape index (κ2) is 10.1. The van der Waals surface area contributed by atoms with Crippen LogP contribution in [-0.4, -0.2) is 46.6 Å². The van der Waals surface area contributed by atoms with Crippen LogP contribution < -0.4 is 14.8 Å². The zero-order chi connectivity index (χ0) is 25.1. The first-order chi connectivity index (χ1) is 16.8. The Morgan fingerprint density at radius 1 is 1.37 bits per heavy atom. The fourth-order valence-corrected chi connectivity index (χ4v) is 3.81. The van der Waals surface area contributed by atoms with Gasteiger partial charge < -0.3 is 19.7 Å². The summed E-state index contributed by atoms with van der Waals surface area (Å²) >= 11 is 5.85. The van der Waals surface area contributed by atoms with E-state index in [9.17, 15) is 23.2 Å². The topological polar surface area (TPSA) is 100 Å². The molecule has 1 saturated heterocycles. The number of nitrogens with zero attached hydrogens (tertiary/aromatic N) is 4. The SMILES string of the molecule is C=CC(=O)N1CC[C@H](Oc2ccc3ncc(C#N)c(Nc4ccc(OC(F)F)c(Cl)c4F)c3n2)C1. The number of aromatic nitrogens is 2. The molecule has 0 saturated carbocycles. The summed E-state index contributed by atoms with van der Waals surface area (Å²) in [5.74, 6) is -1.56. The van der Waals surface area contributed by atoms with Crippen molar-refractivity contribution in [3.63, 3.8) is 0 Å². The zero-order valence-electron chi connectivity index (χ0n) is 18.0. The van der Waals surface area contributed by atoms with Crippen molar-refractivity contribution in [2.75, 3.05) is 18.4 Å². The molecular formula is C23H17ClF3N5O3. The normalized spacial score (nSPS) is 15.2. The van der Waals surface area contributed by atoms with Crippen LogP contribution in [0.1, 0.15) is 12.0 Å². The largest absolute Gasteiger partial charge is 0.472 e. The van der Waals surface area contributed by atoms with E-state index in [4.69, 9.17) is 16.3 Å². The van der Waals surface area contributed by atoms with Crippen LogP contribution in [-0.2, 0) is 4.79 Å². The van der Waals surface area contributed by atoms with Gasteiger partial charge in [0.1, 0.15) is 28.5 Å². The number of carbonyl (C=O) groups excluding carboxylic acids is 1. The molecular weight excluding hydrogens is 487 g/mol. The van der Waals surface area contributed by atoms with E-state index in [1.165, 1.54) is 12.3 Å². The van der Waals surface area contributed by atoms with Gasteiger partial charge in [0, 0.05) is 25.2 Å². The average molecular weight is 504 g/mol. The molecule has 0 radical (unpaired) electrons. The number of anilines is 2. The third-order valence-electron chi connectivity index (χ3n) is 5.25. The second-order valence-electron chi connectivity index (χ2n) is 7.44. The van der Waals surface area contributed by atoms with Crippen molar-refractivity contribution in [2.24, 2.45) is 0 Å². The number of rotatable bonds is 7. The summed E-state index contributed by atoms with van der Waals surface area (Å²) in [6.45, 7) is 1.18. The standard InChI is InChI=1S/C23H17ClF3N5O3/c1-2-18(33)32-8-7-13(11-32)34-17-6-4-15-22(31-17)21(12(9-28)10-29-15)30-14-3-5-16(35-23(26)27)19(24)20(14)25/h2-6,10,13,23H,1,7-8,11H2,(H,29,30)/t13-/m0/s1. The molecule has 1 N–H and O–H groups in total. The van der Waals surface area contributed by atoms with Crippen molar-refractivity contribution in [2.45, 2.75) is 19.1 Å². The van der Waals surface area contributed by atoms with Crippen molar-refractivity contribution in [1.82, 2.24) is 14.9 Å². The predicted molar refractivity (Wildman–Crippen MR) is 121 cm³/mol. The number of pyridine rings is 2. The van der Waals surface area contributed by atoms with Crippen LogP contribution >= 0.6 is 11.6 Å². The Morgan fingerprint density at radius 3 is 2.89 bits per heavy atom. The molecule has 3 aromatic rings. The molecule has 0 aliphatic carbocycles. The van der Waals surface area contributed by atoms with Crippen LogP contribution in [0.25, 0.3) is 11.0 Å². The van der Waals surface area contributed by atoms with Crippen LogP contribution in [0.5, 0.6) is 11.6 Å². The summed E-state index contributed by atoms with van der Waals surface area (Å²) < 4.78 is 50.0. The van der Waals surface area contributed by atoms with Gasteiger partial charge in [-0.15, -0.1) is 0 Å². The molecule has 3 heterocycles. The minimum absolute atomic E-state index is 0.0502. The van der Waals surface area contributed by atoms with Gasteiger partial charge in [-0.2, -0.15) is 14.0 Å². The lowest BCUT2D eigenvalue weighted by molar-refractivity contribution is -0.125. The van der Waals surface area contributed by atoms with E-state index in [0.29, 0.717) is 25.0 Å². The molecule has 12 heteroatoms. The first kappa shape index (κ1) is 24.1. The minimum Gasteiger partial charge on any atom is -0.472 e. The molecule has 180 valence electrons. The van der Waals surface area contributed by atoms with Gasteiger partial charge in [0.05, 0.1) is 29.0 Å². The summed E-state index contributed by atoms with van der Waals surface area (Å²) in [5, 5.41) is 11.7. The summed E-state index contributed by atoms with van der Waals surface area (Å²) in [6, 6.07) is 7.40. The van der Waals surface area contributed by atoms with E-state index in [1.807, 2.05) is 6.07 Å². The monoisotopic (exact) mass is 503 g/mol. The molecule has 35 heavy (non-hydrogen) atoms. The van der Waals surface area contributed by atoms with Crippen LogP contribution in [0.4, 0.5) is 24.5 Å². The van der Waals surface area contributed by atoms with Crippen LogP contribution in [0.3, 0.4) is 0 Å². The second-order valence-corrected chi connectivity index (χ2v) is 7.81. The number of amides is 1. The lowest BCUT2D eigenvalue weighted by Crippen LogP contribution is -2.29. The van der Waals surface area contributed by atoms with Gasteiger partial charge in [-0.1, -0.05) is 18.2 Å². The first-order valence-corrected chi connectivity index (χ1v) is 10.7. The summed E-state index contributed by atoms with van der Waals surface area (Å²) in [7, 11) is 0. The Morgan fingerprint density at radius 2 is 2.17 bits per heavy atom. The van der Waals surface area contributed by atoms with Gasteiger partial charge in [-0.05, 0) is 24.3 Å². The van der Waals surface area contributed by atoms with E-state index in [2.05, 4.69) is 26.6 Å². The summed E-state index contributed by atoms with van der Waals surface area (Å²) in [5.41, 5.74) is 0.576. The molecule has 1 aliphatic heterocycles. The quantitative estimate of drug-likeness (QED) is 0.462. The van der Waals surface area contributed by atoms with Crippen molar-refractivity contribution < 1.29 is 27.4 Å². The third kappa shape index (κ3) is 5.07. The van der Waals surface area contributed by atoms with E-state index in [1.54, 1.807) is 17.0 Å². The van der Waals surface area contributed by atoms with Crippen molar-refractivity contribution >= 4 is 39.9 Å². The number of halogens is 4. The molecule has 1 aromatic carbocycles. The highest BCUT2D eigenvalue weighted by Crippen LogP contribution is 2.36. The first-order valence-electron chi connectivity index (χ1n) is 10.3. The maximum atomic E-state index is 14.8. The number of hydrogen-bond acceptors (Lipinski definition) is 7. The molecule has 2 aromatic heterocycles. The highest BCUT2D eigenvalue weighted by Gasteiger charge is 2.27. The van der Waals surface area contributed by atoms with Crippen molar-refractivity contribution in [3.05, 3.63) is 59.5 Å². The van der Waals surface area contributed by atoms with Gasteiger partial charge in [0.25, 0.3) is 0 Å². The number of fused-ring (bicyclic) bond motifs is 1. The number of alkyl halides is 2. The van der Waals surface area contributed by atoms with Crippen molar-refractivity contribution in [1.29, 1.82) is 5.26 Å². The molecule has 4 rings (SSSR count). The maximum absolute atomic E-state index is 14.8. The van der Waals surface area contributed by atoms with Gasteiger partial charge in [-0.3, -0.25) is 9.78 Å². The third-order valence-corrected chi connectivity index (χ3v) is 5.60. The lowest BCUT2D eigenvalue weighted by atomic mass is 10.1. The fraction of sp³-hybridized carbons (Fsp3) is 0.217. The molecule has 0 spiro atoms. The summed E-state index contributed by atoms with van der Waals surface area (Å²) in [6.07, 6.45) is 2.82. The number of ether oxygens (including phenoxy) is 2. The van der Waals surface area contributed by atoms with Gasteiger partial charge in [0.2, 0.25) is 11.8 Å². The smallest absolute Gasteiger partial charge is 0.387 e. The Hall–Kier alpha value is -4.04. The van der Waals surface area contributed by atoms with Crippen LogP contribution in [0, 0.1) is 17.1 Å². The van der Waals surface area contributed by atoms with E-state index in [-0.39, 0.29) is 40.3 Å². The van der Waals surface area contributed by atoms with Gasteiger partial charge in [-0.25, -0.2) is 9.37 Å². The molecule has 8 nitrogen and oxygen atoms in total. The molecule has 1 amide bonds. The molecule has 0 unspecified atom stereocenters. The Bertz CT molecular complexity index is 1350. The van der Waals surface area contributed by atoms with Crippen LogP contribution in [0.2, 0.25) is 5.02 Å². The number of nitriles is 1. The maximum Gasteiger partial charge on any atom is 0.387 e. The fourth-order valence-electron chi connectivity index (χ4n) is 3.60. The van der Waals surface area contributed by atoms with Crippen molar-refractivity contribution in [3.8, 4) is 17.7 Å². The zero-order valence-corrected chi connectivity index (χ0v) is 18.7. The molecule has 1 aliphatic rings. The van der Waals surface area contributed by atoms with E-state index >= 15 is 0 Å². The number of likely N-dealkylation sites (tertiary alicyclic amines) is 1. The Labute approximate surface area is 202 Å². The van der Waals surface area contributed by atoms with E-state index in [0.717, 1.165) is 12.1 Å². The van der Waals surface area contributed by atoms with E-state index < -0.39 is 23.2 Å². The van der Waals surface area contributed by atoms with Gasteiger partial charge in [0.15, 0.2) is 5.82 Å². The minimum atomic E-state index is -3.18. The molecule has 1 fully saturated rings. The molecule has 0 bridgehead atoms. The Kier molecular flexibility index (Phi) is 6.93. The number of hydrogen-bond donors (Lipinski definition) is 1. The highest BCUT2D eigenvalue weighted by atomic mass is 35.5. The molecule has 1 atom stereocenters. The van der Waals surface area contributed by atoms with Crippen LogP contribution in [0.15, 0.2) is 43.1 Å². The summed E-state index contributed by atoms with van der Waals surface area (Å²) in [4.78, 5) is 22.0. The number of carbonyl (C=O) groups is 1. The number of benzene rings is 1.